The molecule has 1 fully saturated rings. The summed E-state index contributed by atoms with van der Waals surface area (Å²) in [5.74, 6) is -0.736. The van der Waals surface area contributed by atoms with Crippen LogP contribution in [-0.2, 0) is 4.74 Å². The topological polar surface area (TPSA) is 137 Å². The van der Waals surface area contributed by atoms with Crippen molar-refractivity contribution in [3.8, 4) is 5.75 Å². The summed E-state index contributed by atoms with van der Waals surface area (Å²) in [5.41, 5.74) is 7.98. The van der Waals surface area contributed by atoms with E-state index in [9.17, 15) is 14.3 Å². The molecular formula is C27H26ClFN8O3. The fraction of sp³-hybridized carbons (Fsp3) is 0.185. The Hall–Kier alpha value is -4.68. The van der Waals surface area contributed by atoms with Crippen LogP contribution in [0.1, 0.15) is 16.9 Å². The maximum Gasteiger partial charge on any atom is 0.288 e. The Morgan fingerprint density at radius 3 is 2.55 bits per heavy atom. The molecule has 2 aromatic carbocycles. The summed E-state index contributed by atoms with van der Waals surface area (Å²) in [6, 6.07) is 15.3. The van der Waals surface area contributed by atoms with Crippen molar-refractivity contribution in [1.29, 1.82) is 0 Å². The van der Waals surface area contributed by atoms with Crippen LogP contribution in [0.25, 0.3) is 0 Å². The molecule has 0 bridgehead atoms. The number of phenols is 1. The lowest BCUT2D eigenvalue weighted by Gasteiger charge is -2.21. The van der Waals surface area contributed by atoms with Crippen LogP contribution in [-0.4, -0.2) is 52.3 Å². The summed E-state index contributed by atoms with van der Waals surface area (Å²) in [6.45, 7) is 2.21. The van der Waals surface area contributed by atoms with Gasteiger partial charge in [-0.25, -0.2) is 14.4 Å². The molecule has 0 unspecified atom stereocenters. The lowest BCUT2D eigenvalue weighted by molar-refractivity contribution is 0.0957. The number of aromatic nitrogens is 3. The van der Waals surface area contributed by atoms with Crippen LogP contribution < -0.4 is 26.4 Å². The number of phenolic OH excluding ortho intramolecular Hbond substituents is 1. The second-order valence-corrected chi connectivity index (χ2v) is 9.29. The highest BCUT2D eigenvalue weighted by Gasteiger charge is 2.17. The van der Waals surface area contributed by atoms with Crippen LogP contribution in [0.4, 0.5) is 38.9 Å². The number of benzene rings is 2. The van der Waals surface area contributed by atoms with E-state index >= 15 is 0 Å². The smallest absolute Gasteiger partial charge is 0.288 e. The molecule has 1 saturated heterocycles. The second-order valence-electron chi connectivity index (χ2n) is 8.86. The monoisotopic (exact) mass is 564 g/mol. The van der Waals surface area contributed by atoms with Gasteiger partial charge in [0.2, 0.25) is 5.95 Å². The van der Waals surface area contributed by atoms with Gasteiger partial charge in [0.1, 0.15) is 11.4 Å². The van der Waals surface area contributed by atoms with E-state index < -0.39 is 11.7 Å². The summed E-state index contributed by atoms with van der Waals surface area (Å²) < 4.78 is 19.8. The van der Waals surface area contributed by atoms with E-state index in [1.165, 1.54) is 6.20 Å². The lowest BCUT2D eigenvalue weighted by atomic mass is 10.2. The second kappa shape index (κ2) is 12.5. The number of pyridine rings is 1. The predicted octanol–water partition coefficient (Wildman–Crippen LogP) is 4.84. The van der Waals surface area contributed by atoms with Gasteiger partial charge in [0, 0.05) is 47.8 Å². The number of nitrogens with zero attached hydrogens (tertiary/aromatic N) is 4. The van der Waals surface area contributed by atoms with Crippen molar-refractivity contribution in [2.45, 2.75) is 6.42 Å². The number of halogens is 2. The first-order chi connectivity index (χ1) is 19.4. The maximum absolute atomic E-state index is 14.3. The summed E-state index contributed by atoms with van der Waals surface area (Å²) in [5, 5.41) is 16.6. The number of anilines is 6. The van der Waals surface area contributed by atoms with Crippen LogP contribution in [0.5, 0.6) is 5.75 Å². The molecule has 0 radical (unpaired) electrons. The van der Waals surface area contributed by atoms with Gasteiger partial charge in [-0.3, -0.25) is 15.6 Å². The average molecular weight is 565 g/mol. The highest BCUT2D eigenvalue weighted by Crippen LogP contribution is 2.28. The molecule has 206 valence electrons. The van der Waals surface area contributed by atoms with Gasteiger partial charge in [0.15, 0.2) is 11.6 Å². The first kappa shape index (κ1) is 26.9. The minimum Gasteiger partial charge on any atom is -0.508 e. The van der Waals surface area contributed by atoms with E-state index in [0.29, 0.717) is 54.1 Å². The number of rotatable bonds is 8. The number of hydrazine groups is 1. The number of nitrogens with one attached hydrogen (secondary N) is 4. The van der Waals surface area contributed by atoms with Gasteiger partial charge < -0.3 is 25.4 Å². The van der Waals surface area contributed by atoms with Crippen molar-refractivity contribution in [2.75, 3.05) is 47.3 Å². The van der Waals surface area contributed by atoms with E-state index in [1.54, 1.807) is 47.4 Å². The van der Waals surface area contributed by atoms with Crippen molar-refractivity contribution < 1.29 is 19.0 Å². The molecule has 0 saturated carbocycles. The fourth-order valence-electron chi connectivity index (χ4n) is 4.03. The van der Waals surface area contributed by atoms with Crippen molar-refractivity contribution in [3.63, 3.8) is 0 Å². The van der Waals surface area contributed by atoms with Crippen LogP contribution in [0.3, 0.4) is 0 Å². The van der Waals surface area contributed by atoms with Gasteiger partial charge >= 0.3 is 0 Å². The largest absolute Gasteiger partial charge is 0.508 e. The molecule has 3 heterocycles. The zero-order chi connectivity index (χ0) is 27.9. The first-order valence-corrected chi connectivity index (χ1v) is 12.8. The minimum absolute atomic E-state index is 0.0456. The van der Waals surface area contributed by atoms with Crippen molar-refractivity contribution in [2.24, 2.45) is 0 Å². The van der Waals surface area contributed by atoms with Crippen molar-refractivity contribution in [3.05, 3.63) is 83.5 Å². The predicted molar refractivity (Wildman–Crippen MR) is 151 cm³/mol. The molecule has 13 heteroatoms. The number of carbonyl (C=O) groups excluding carboxylic acids is 1. The van der Waals surface area contributed by atoms with E-state index in [0.717, 1.165) is 12.6 Å². The van der Waals surface area contributed by atoms with Gasteiger partial charge in [0.25, 0.3) is 5.91 Å². The number of carbonyl (C=O) groups is 1. The lowest BCUT2D eigenvalue weighted by Crippen LogP contribution is -2.32. The van der Waals surface area contributed by atoms with Gasteiger partial charge in [-0.2, -0.15) is 4.98 Å². The third-order valence-corrected chi connectivity index (χ3v) is 6.07. The fourth-order valence-corrected chi connectivity index (χ4v) is 4.26. The third-order valence-electron chi connectivity index (χ3n) is 5.85. The Labute approximate surface area is 234 Å². The summed E-state index contributed by atoms with van der Waals surface area (Å²) in [4.78, 5) is 26.7. The first-order valence-electron chi connectivity index (χ1n) is 12.4. The summed E-state index contributed by atoms with van der Waals surface area (Å²) in [6.07, 6.45) is 3.32. The standard InChI is InChI=1S/C27H26ClFN8O3/c28-17-11-20(32-18-3-1-4-22(38)14-18)13-21(12-17)33-19-5-6-24(30-15-19)26(39)35-36-27-31-16-23(29)25(34-27)37-7-2-9-40-10-8-37/h1,3-6,11-16,32-33,38H,2,7-10H2,(H,35,39)(H,31,34,36). The molecule has 1 aliphatic heterocycles. The van der Waals surface area contributed by atoms with E-state index in [-0.39, 0.29) is 23.2 Å². The van der Waals surface area contributed by atoms with E-state index in [2.05, 4.69) is 36.4 Å². The van der Waals surface area contributed by atoms with Crippen LogP contribution in [0, 0.1) is 5.82 Å². The third kappa shape index (κ3) is 7.04. The SMILES string of the molecule is O=C(NNc1ncc(F)c(N2CCCOCC2)n1)c1ccc(Nc2cc(Cl)cc(Nc3cccc(O)c3)c2)cn1. The Kier molecular flexibility index (Phi) is 8.38. The Morgan fingerprint density at radius 1 is 0.950 bits per heavy atom. The number of aromatic hydroxyl groups is 1. The highest BCUT2D eigenvalue weighted by atomic mass is 35.5. The quantitative estimate of drug-likeness (QED) is 0.189. The Balaban J connectivity index is 1.19. The molecule has 40 heavy (non-hydrogen) atoms. The molecule has 2 aromatic heterocycles. The Bertz CT molecular complexity index is 1480. The molecule has 4 aromatic rings. The van der Waals surface area contributed by atoms with Crippen LogP contribution in [0.2, 0.25) is 5.02 Å². The number of hydrogen-bond acceptors (Lipinski definition) is 10. The molecule has 0 spiro atoms. The normalized spacial score (nSPS) is 13.3. The molecule has 5 rings (SSSR count). The minimum atomic E-state index is -0.550. The average Bonchev–Trinajstić information content (AvgIpc) is 3.22. The molecule has 5 N–H and O–H groups in total. The zero-order valence-corrected chi connectivity index (χ0v) is 22.0. The van der Waals surface area contributed by atoms with E-state index in [1.807, 2.05) is 12.1 Å². The Morgan fingerprint density at radius 2 is 1.77 bits per heavy atom. The van der Waals surface area contributed by atoms with E-state index in [4.69, 9.17) is 16.3 Å². The molecule has 1 aliphatic rings. The van der Waals surface area contributed by atoms with Crippen molar-refractivity contribution in [1.82, 2.24) is 20.4 Å². The molecule has 0 aliphatic carbocycles. The molecule has 11 nitrogen and oxygen atoms in total. The van der Waals surface area contributed by atoms with Crippen LogP contribution in [0.15, 0.2) is 67.0 Å². The number of ether oxygens (including phenoxy) is 1. The van der Waals surface area contributed by atoms with Gasteiger partial charge in [-0.1, -0.05) is 17.7 Å². The molecular weight excluding hydrogens is 539 g/mol. The molecule has 1 amide bonds. The van der Waals surface area contributed by atoms with Crippen molar-refractivity contribution >= 4 is 52.0 Å². The zero-order valence-electron chi connectivity index (χ0n) is 21.2. The maximum atomic E-state index is 14.3. The molecule has 0 atom stereocenters. The van der Waals surface area contributed by atoms with Gasteiger partial charge in [-0.05, 0) is 48.9 Å². The number of amides is 1. The number of hydrogen-bond donors (Lipinski definition) is 5. The summed E-state index contributed by atoms with van der Waals surface area (Å²) in [7, 11) is 0. The van der Waals surface area contributed by atoms with Crippen LogP contribution >= 0.6 is 11.6 Å². The van der Waals surface area contributed by atoms with Gasteiger partial charge in [-0.15, -0.1) is 0 Å². The highest BCUT2D eigenvalue weighted by molar-refractivity contribution is 6.31. The summed E-state index contributed by atoms with van der Waals surface area (Å²) >= 11 is 6.29. The van der Waals surface area contributed by atoms with Gasteiger partial charge in [0.05, 0.1) is 24.7 Å².